The first-order valence-corrected chi connectivity index (χ1v) is 7.03. The van der Waals surface area contributed by atoms with Crippen molar-refractivity contribution in [2.75, 3.05) is 12.3 Å². The summed E-state index contributed by atoms with van der Waals surface area (Å²) in [4.78, 5) is 0. The van der Waals surface area contributed by atoms with Crippen LogP contribution in [0.2, 0.25) is 0 Å². The van der Waals surface area contributed by atoms with Gasteiger partial charge in [0.25, 0.3) is 0 Å². The molecule has 1 saturated heterocycles. The maximum atomic E-state index is 6.12. The molecule has 2 rings (SSSR count). The zero-order chi connectivity index (χ0) is 13.9. The van der Waals surface area contributed by atoms with Gasteiger partial charge in [0.2, 0.25) is 5.88 Å². The number of hydrogen-bond acceptors (Lipinski definition) is 5. The van der Waals surface area contributed by atoms with Crippen molar-refractivity contribution in [3.05, 3.63) is 11.8 Å². The van der Waals surface area contributed by atoms with Crippen molar-refractivity contribution in [2.24, 2.45) is 0 Å². The third-order valence-corrected chi connectivity index (χ3v) is 3.82. The Balaban J connectivity index is 2.06. The Morgan fingerprint density at radius 3 is 2.84 bits per heavy atom. The second kappa shape index (κ2) is 5.92. The Labute approximate surface area is 114 Å². The van der Waals surface area contributed by atoms with Crippen molar-refractivity contribution < 1.29 is 14.0 Å². The number of nitrogens with zero attached hydrogens (tertiary/aromatic N) is 1. The molecule has 0 spiro atoms. The highest BCUT2D eigenvalue weighted by Crippen LogP contribution is 2.33. The summed E-state index contributed by atoms with van der Waals surface area (Å²) in [5, 5.41) is 4.03. The van der Waals surface area contributed by atoms with Crippen LogP contribution in [0.25, 0.3) is 0 Å². The van der Waals surface area contributed by atoms with Crippen LogP contribution >= 0.6 is 0 Å². The quantitative estimate of drug-likeness (QED) is 0.889. The van der Waals surface area contributed by atoms with E-state index in [0.717, 1.165) is 31.6 Å². The van der Waals surface area contributed by atoms with Crippen LogP contribution in [0.15, 0.2) is 10.6 Å². The molecular weight excluding hydrogens is 244 g/mol. The van der Waals surface area contributed by atoms with E-state index in [2.05, 4.69) is 25.9 Å². The van der Waals surface area contributed by atoms with Crippen LogP contribution in [-0.2, 0) is 14.9 Å². The average molecular weight is 268 g/mol. The van der Waals surface area contributed by atoms with E-state index in [1.54, 1.807) is 6.07 Å². The van der Waals surface area contributed by atoms with Crippen molar-refractivity contribution in [1.82, 2.24) is 5.16 Å². The lowest BCUT2D eigenvalue weighted by Crippen LogP contribution is -2.40. The molecule has 1 aromatic heterocycles. The third kappa shape index (κ3) is 3.28. The number of aromatic nitrogens is 1. The molecule has 0 saturated carbocycles. The van der Waals surface area contributed by atoms with E-state index >= 15 is 0 Å². The number of anilines is 1. The summed E-state index contributed by atoms with van der Waals surface area (Å²) < 4.78 is 16.8. The summed E-state index contributed by atoms with van der Waals surface area (Å²) in [6.07, 6.45) is 4.08. The number of hydrogen-bond donors (Lipinski definition) is 1. The topological polar surface area (TPSA) is 70.5 Å². The molecule has 0 aromatic carbocycles. The van der Waals surface area contributed by atoms with Crippen LogP contribution in [0.3, 0.4) is 0 Å². The minimum Gasteiger partial charge on any atom is -0.368 e. The van der Waals surface area contributed by atoms with Crippen LogP contribution in [0.5, 0.6) is 0 Å². The molecule has 0 aliphatic carbocycles. The van der Waals surface area contributed by atoms with E-state index in [-0.39, 0.29) is 17.8 Å². The fourth-order valence-electron chi connectivity index (χ4n) is 2.54. The highest BCUT2D eigenvalue weighted by molar-refractivity contribution is 5.29. The predicted molar refractivity (Wildman–Crippen MR) is 72.7 cm³/mol. The van der Waals surface area contributed by atoms with Gasteiger partial charge in [-0.3, -0.25) is 0 Å². The number of rotatable bonds is 5. The van der Waals surface area contributed by atoms with Crippen molar-refractivity contribution in [3.8, 4) is 0 Å². The van der Waals surface area contributed by atoms with Gasteiger partial charge in [-0.2, -0.15) is 0 Å². The van der Waals surface area contributed by atoms with Crippen LogP contribution < -0.4 is 5.73 Å². The fourth-order valence-corrected chi connectivity index (χ4v) is 2.54. The summed E-state index contributed by atoms with van der Waals surface area (Å²) in [5.41, 5.74) is 6.18. The second-order valence-electron chi connectivity index (χ2n) is 5.67. The summed E-state index contributed by atoms with van der Waals surface area (Å²) in [6.45, 7) is 7.10. The molecule has 0 bridgehead atoms. The molecule has 0 amide bonds. The zero-order valence-corrected chi connectivity index (χ0v) is 12.0. The molecule has 2 N–H and O–H groups in total. The van der Waals surface area contributed by atoms with Crippen molar-refractivity contribution in [1.29, 1.82) is 0 Å². The SMILES string of the molecule is CCC(OC1CCCCO1)C(C)(C)c1cc(N)on1. The van der Waals surface area contributed by atoms with E-state index in [9.17, 15) is 0 Å². The van der Waals surface area contributed by atoms with Gasteiger partial charge in [-0.25, -0.2) is 0 Å². The van der Waals surface area contributed by atoms with Gasteiger partial charge in [0, 0.05) is 18.1 Å². The molecule has 108 valence electrons. The normalized spacial score (nSPS) is 22.4. The maximum absolute atomic E-state index is 6.12. The minimum atomic E-state index is -0.253. The minimum absolute atomic E-state index is 0.0279. The lowest BCUT2D eigenvalue weighted by atomic mass is 9.81. The van der Waals surface area contributed by atoms with Gasteiger partial charge in [0.15, 0.2) is 6.29 Å². The Bertz CT molecular complexity index is 397. The van der Waals surface area contributed by atoms with E-state index < -0.39 is 0 Å². The van der Waals surface area contributed by atoms with Gasteiger partial charge < -0.3 is 19.7 Å². The molecule has 1 aromatic rings. The lowest BCUT2D eigenvalue weighted by molar-refractivity contribution is -0.201. The zero-order valence-electron chi connectivity index (χ0n) is 12.0. The van der Waals surface area contributed by atoms with E-state index in [0.29, 0.717) is 5.88 Å². The van der Waals surface area contributed by atoms with Crippen LogP contribution in [0.4, 0.5) is 5.88 Å². The summed E-state index contributed by atoms with van der Waals surface area (Å²) in [5.74, 6) is 0.340. The van der Waals surface area contributed by atoms with Gasteiger partial charge in [-0.05, 0) is 25.7 Å². The molecular formula is C14H24N2O3. The first-order chi connectivity index (χ1) is 9.04. The summed E-state index contributed by atoms with van der Waals surface area (Å²) in [6, 6.07) is 1.77. The number of nitrogen functional groups attached to an aromatic ring is 1. The Morgan fingerprint density at radius 1 is 1.53 bits per heavy atom. The van der Waals surface area contributed by atoms with Gasteiger partial charge in [-0.1, -0.05) is 25.9 Å². The third-order valence-electron chi connectivity index (χ3n) is 3.82. The molecule has 5 heteroatoms. The Kier molecular flexibility index (Phi) is 4.47. The number of nitrogens with two attached hydrogens (primary N) is 1. The van der Waals surface area contributed by atoms with Crippen molar-refractivity contribution in [3.63, 3.8) is 0 Å². The molecule has 2 unspecified atom stereocenters. The summed E-state index contributed by atoms with van der Waals surface area (Å²) in [7, 11) is 0. The Hall–Kier alpha value is -1.07. The highest BCUT2D eigenvalue weighted by Gasteiger charge is 2.36. The van der Waals surface area contributed by atoms with Gasteiger partial charge in [0.1, 0.15) is 0 Å². The maximum Gasteiger partial charge on any atom is 0.222 e. The van der Waals surface area contributed by atoms with E-state index in [1.807, 2.05) is 0 Å². The predicted octanol–water partition coefficient (Wildman–Crippen LogP) is 2.86. The van der Waals surface area contributed by atoms with E-state index in [4.69, 9.17) is 19.7 Å². The molecule has 2 atom stereocenters. The van der Waals surface area contributed by atoms with Crippen LogP contribution in [0, 0.1) is 0 Å². The lowest BCUT2D eigenvalue weighted by Gasteiger charge is -2.35. The van der Waals surface area contributed by atoms with Crippen LogP contribution in [0.1, 0.15) is 52.1 Å². The molecule has 1 aliphatic heterocycles. The smallest absolute Gasteiger partial charge is 0.222 e. The van der Waals surface area contributed by atoms with Gasteiger partial charge in [-0.15, -0.1) is 0 Å². The molecule has 1 fully saturated rings. The van der Waals surface area contributed by atoms with E-state index in [1.165, 1.54) is 6.42 Å². The van der Waals surface area contributed by atoms with Gasteiger partial charge >= 0.3 is 0 Å². The molecule has 2 heterocycles. The standard InChI is InChI=1S/C14H24N2O3/c1-4-11(18-13-7-5-6-8-17-13)14(2,3)10-9-12(15)19-16-10/h9,11,13H,4-8,15H2,1-3H3. The first-order valence-electron chi connectivity index (χ1n) is 7.03. The fraction of sp³-hybridized carbons (Fsp3) is 0.786. The molecule has 1 aliphatic rings. The highest BCUT2D eigenvalue weighted by atomic mass is 16.7. The summed E-state index contributed by atoms with van der Waals surface area (Å²) >= 11 is 0. The number of ether oxygens (including phenoxy) is 2. The van der Waals surface area contributed by atoms with Crippen molar-refractivity contribution >= 4 is 5.88 Å². The first kappa shape index (κ1) is 14.3. The molecule has 19 heavy (non-hydrogen) atoms. The van der Waals surface area contributed by atoms with Crippen LogP contribution in [-0.4, -0.2) is 24.2 Å². The second-order valence-corrected chi connectivity index (χ2v) is 5.67. The molecule has 0 radical (unpaired) electrons. The Morgan fingerprint density at radius 2 is 2.32 bits per heavy atom. The largest absolute Gasteiger partial charge is 0.368 e. The van der Waals surface area contributed by atoms with Crippen molar-refractivity contribution in [2.45, 2.75) is 64.3 Å². The van der Waals surface area contributed by atoms with Gasteiger partial charge in [0.05, 0.1) is 11.8 Å². The molecule has 5 nitrogen and oxygen atoms in total. The monoisotopic (exact) mass is 268 g/mol. The average Bonchev–Trinajstić information content (AvgIpc) is 2.84.